The van der Waals surface area contributed by atoms with Crippen LogP contribution in [0, 0.1) is 6.92 Å². The summed E-state index contributed by atoms with van der Waals surface area (Å²) in [6.45, 7) is 2.88. The number of fused-ring (bicyclic) bond motifs is 1. The Balaban J connectivity index is 2.08. The molecule has 2 aromatic rings. The molecule has 1 unspecified atom stereocenters. The van der Waals surface area contributed by atoms with Gasteiger partial charge in [-0.25, -0.2) is 0 Å². The van der Waals surface area contributed by atoms with E-state index in [1.807, 2.05) is 6.20 Å². The smallest absolute Gasteiger partial charge is 0.227 e. The van der Waals surface area contributed by atoms with Gasteiger partial charge in [-0.2, -0.15) is 0 Å². The lowest BCUT2D eigenvalue weighted by Crippen LogP contribution is -2.17. The lowest BCUT2D eigenvalue weighted by Gasteiger charge is -2.07. The van der Waals surface area contributed by atoms with Crippen LogP contribution in [0.15, 0.2) is 24.4 Å². The summed E-state index contributed by atoms with van der Waals surface area (Å²) in [6, 6.07) is 6.26. The van der Waals surface area contributed by atoms with Crippen LogP contribution in [0.4, 0.5) is 0 Å². The normalized spacial score (nSPS) is 20.3. The highest BCUT2D eigenvalue weighted by atomic mass is 16.2. The maximum atomic E-state index is 11.6. The Morgan fingerprint density at radius 3 is 3.00 bits per heavy atom. The van der Waals surface area contributed by atoms with E-state index in [4.69, 9.17) is 0 Å². The Morgan fingerprint density at radius 1 is 1.38 bits per heavy atom. The van der Waals surface area contributed by atoms with Gasteiger partial charge >= 0.3 is 0 Å². The molecular formula is C13H14N2O. The molecule has 1 aromatic heterocycles. The topological polar surface area (TPSA) is 44.9 Å². The highest BCUT2D eigenvalue weighted by Gasteiger charge is 2.25. The maximum Gasteiger partial charge on any atom is 0.227 e. The van der Waals surface area contributed by atoms with Crippen molar-refractivity contribution in [1.29, 1.82) is 0 Å². The van der Waals surface area contributed by atoms with Crippen LogP contribution >= 0.6 is 0 Å². The van der Waals surface area contributed by atoms with Gasteiger partial charge in [0.1, 0.15) is 0 Å². The number of H-pyrrole nitrogens is 1. The van der Waals surface area contributed by atoms with Gasteiger partial charge in [0, 0.05) is 23.6 Å². The van der Waals surface area contributed by atoms with Gasteiger partial charge in [0.2, 0.25) is 5.91 Å². The van der Waals surface area contributed by atoms with E-state index in [1.165, 1.54) is 10.9 Å². The molecule has 0 spiro atoms. The number of aryl methyl sites for hydroxylation is 1. The molecule has 1 aliphatic heterocycles. The zero-order valence-corrected chi connectivity index (χ0v) is 9.21. The second-order valence-electron chi connectivity index (χ2n) is 4.41. The van der Waals surface area contributed by atoms with Gasteiger partial charge in [-0.3, -0.25) is 4.79 Å². The summed E-state index contributed by atoms with van der Waals surface area (Å²) in [6.07, 6.45) is 2.91. The number of nitrogens with one attached hydrogen (secondary N) is 2. The Labute approximate surface area is 93.9 Å². The van der Waals surface area contributed by atoms with Crippen molar-refractivity contribution in [2.75, 3.05) is 6.54 Å². The molecule has 3 heteroatoms. The molecule has 3 rings (SSSR count). The number of hydrogen-bond donors (Lipinski definition) is 2. The van der Waals surface area contributed by atoms with Gasteiger partial charge in [-0.05, 0) is 30.5 Å². The van der Waals surface area contributed by atoms with Crippen molar-refractivity contribution in [3.63, 3.8) is 0 Å². The molecule has 1 aliphatic rings. The third-order valence-electron chi connectivity index (χ3n) is 3.36. The van der Waals surface area contributed by atoms with Crippen LogP contribution in [0.3, 0.4) is 0 Å². The molecule has 1 aromatic carbocycles. The molecular weight excluding hydrogens is 200 g/mol. The maximum absolute atomic E-state index is 11.6. The summed E-state index contributed by atoms with van der Waals surface area (Å²) in [7, 11) is 0. The largest absolute Gasteiger partial charge is 0.361 e. The minimum Gasteiger partial charge on any atom is -0.361 e. The molecule has 3 nitrogen and oxygen atoms in total. The quantitative estimate of drug-likeness (QED) is 0.750. The number of rotatable bonds is 1. The van der Waals surface area contributed by atoms with Crippen molar-refractivity contribution >= 4 is 16.8 Å². The van der Waals surface area contributed by atoms with Gasteiger partial charge in [-0.1, -0.05) is 12.1 Å². The van der Waals surface area contributed by atoms with E-state index in [9.17, 15) is 4.79 Å². The fourth-order valence-electron chi connectivity index (χ4n) is 2.42. The Morgan fingerprint density at radius 2 is 2.25 bits per heavy atom. The number of hydrogen-bond acceptors (Lipinski definition) is 1. The fourth-order valence-corrected chi connectivity index (χ4v) is 2.42. The van der Waals surface area contributed by atoms with E-state index >= 15 is 0 Å². The molecule has 0 aliphatic carbocycles. The van der Waals surface area contributed by atoms with Crippen molar-refractivity contribution in [1.82, 2.24) is 10.3 Å². The van der Waals surface area contributed by atoms with E-state index < -0.39 is 0 Å². The summed E-state index contributed by atoms with van der Waals surface area (Å²) >= 11 is 0. The molecule has 1 fully saturated rings. The first-order chi connectivity index (χ1) is 7.75. The Kier molecular flexibility index (Phi) is 1.99. The highest BCUT2D eigenvalue weighted by Crippen LogP contribution is 2.27. The van der Waals surface area contributed by atoms with E-state index in [-0.39, 0.29) is 11.8 Å². The van der Waals surface area contributed by atoms with E-state index in [0.29, 0.717) is 0 Å². The second-order valence-corrected chi connectivity index (χ2v) is 4.41. The predicted octanol–water partition coefficient (Wildman–Crippen LogP) is 2.08. The first-order valence-electron chi connectivity index (χ1n) is 5.61. The first kappa shape index (κ1) is 9.46. The molecule has 1 saturated heterocycles. The Hall–Kier alpha value is -1.77. The molecule has 1 atom stereocenters. The average molecular weight is 214 g/mol. The molecule has 0 saturated carbocycles. The Bertz CT molecular complexity index is 556. The van der Waals surface area contributed by atoms with Gasteiger partial charge < -0.3 is 10.3 Å². The third-order valence-corrected chi connectivity index (χ3v) is 3.36. The molecule has 82 valence electrons. The van der Waals surface area contributed by atoms with E-state index in [1.54, 1.807) is 0 Å². The van der Waals surface area contributed by atoms with Crippen molar-refractivity contribution < 1.29 is 4.79 Å². The predicted molar refractivity (Wildman–Crippen MR) is 63.4 cm³/mol. The average Bonchev–Trinajstić information content (AvgIpc) is 2.86. The van der Waals surface area contributed by atoms with Crippen LogP contribution in [-0.4, -0.2) is 17.4 Å². The highest BCUT2D eigenvalue weighted by molar-refractivity contribution is 5.89. The van der Waals surface area contributed by atoms with Crippen LogP contribution in [0.2, 0.25) is 0 Å². The number of aromatic nitrogens is 1. The number of carbonyl (C=O) groups is 1. The fraction of sp³-hybridized carbons (Fsp3) is 0.308. The number of carbonyl (C=O) groups excluding carboxylic acids is 1. The van der Waals surface area contributed by atoms with Gasteiger partial charge in [0.25, 0.3) is 0 Å². The second kappa shape index (κ2) is 3.37. The first-order valence-corrected chi connectivity index (χ1v) is 5.61. The molecule has 2 heterocycles. The number of aromatic amines is 1. The van der Waals surface area contributed by atoms with Gasteiger partial charge in [0.05, 0.1) is 5.92 Å². The third kappa shape index (κ3) is 1.32. The SMILES string of the molecule is Cc1c[nH]c2cc(C3CCNC3=O)ccc12. The minimum atomic E-state index is 0.0352. The van der Waals surface area contributed by atoms with Gasteiger partial charge in [0.15, 0.2) is 0 Å². The van der Waals surface area contributed by atoms with E-state index in [0.717, 1.165) is 24.0 Å². The van der Waals surface area contributed by atoms with Crippen molar-refractivity contribution in [3.8, 4) is 0 Å². The van der Waals surface area contributed by atoms with Crippen LogP contribution < -0.4 is 5.32 Å². The van der Waals surface area contributed by atoms with Crippen molar-refractivity contribution in [3.05, 3.63) is 35.5 Å². The summed E-state index contributed by atoms with van der Waals surface area (Å²) in [4.78, 5) is 14.8. The monoisotopic (exact) mass is 214 g/mol. The molecule has 16 heavy (non-hydrogen) atoms. The number of amides is 1. The van der Waals surface area contributed by atoms with Crippen LogP contribution in [-0.2, 0) is 4.79 Å². The standard InChI is InChI=1S/C13H14N2O/c1-8-7-15-12-6-9(2-3-10(8)12)11-4-5-14-13(11)16/h2-3,6-7,11,15H,4-5H2,1H3,(H,14,16). The molecule has 2 N–H and O–H groups in total. The summed E-state index contributed by atoms with van der Waals surface area (Å²) < 4.78 is 0. The summed E-state index contributed by atoms with van der Waals surface area (Å²) in [5.41, 5.74) is 3.48. The lowest BCUT2D eigenvalue weighted by molar-refractivity contribution is -0.120. The molecule has 0 radical (unpaired) electrons. The van der Waals surface area contributed by atoms with Crippen LogP contribution in [0.5, 0.6) is 0 Å². The van der Waals surface area contributed by atoms with E-state index in [2.05, 4.69) is 35.4 Å². The zero-order valence-electron chi connectivity index (χ0n) is 9.21. The van der Waals surface area contributed by atoms with Crippen molar-refractivity contribution in [2.45, 2.75) is 19.3 Å². The van der Waals surface area contributed by atoms with Crippen LogP contribution in [0.1, 0.15) is 23.5 Å². The van der Waals surface area contributed by atoms with Crippen molar-refractivity contribution in [2.24, 2.45) is 0 Å². The molecule has 0 bridgehead atoms. The lowest BCUT2D eigenvalue weighted by atomic mass is 9.96. The summed E-state index contributed by atoms with van der Waals surface area (Å²) in [5, 5.41) is 4.11. The number of benzene rings is 1. The molecule has 1 amide bonds. The van der Waals surface area contributed by atoms with Gasteiger partial charge in [-0.15, -0.1) is 0 Å². The van der Waals surface area contributed by atoms with Crippen LogP contribution in [0.25, 0.3) is 10.9 Å². The minimum absolute atomic E-state index is 0.0352. The summed E-state index contributed by atoms with van der Waals surface area (Å²) in [5.74, 6) is 0.190. The zero-order chi connectivity index (χ0) is 11.1.